The lowest BCUT2D eigenvalue weighted by Gasteiger charge is -2.40. The van der Waals surface area contributed by atoms with Gasteiger partial charge in [0.15, 0.2) is 11.5 Å². The lowest BCUT2D eigenvalue weighted by Crippen LogP contribution is -2.65. The summed E-state index contributed by atoms with van der Waals surface area (Å²) in [4.78, 5) is 92.7. The first-order chi connectivity index (χ1) is 25.3. The van der Waals surface area contributed by atoms with E-state index in [1.165, 1.54) is 58.2 Å². The number of likely N-dealkylation sites (N-methyl/N-ethyl adjacent to an activating group) is 1. The topological polar surface area (TPSA) is 273 Å². The number of allylic oxidation sites excluding steroid dienone is 1. The summed E-state index contributed by atoms with van der Waals surface area (Å²) >= 11 is 0. The van der Waals surface area contributed by atoms with Gasteiger partial charge in [-0.2, -0.15) is 0 Å². The van der Waals surface area contributed by atoms with Crippen LogP contribution in [0.1, 0.15) is 59.1 Å². The van der Waals surface area contributed by atoms with Crippen molar-refractivity contribution in [3.05, 3.63) is 71.1 Å². The second kappa shape index (κ2) is 17.7. The van der Waals surface area contributed by atoms with E-state index in [9.17, 15) is 48.9 Å². The van der Waals surface area contributed by atoms with Gasteiger partial charge in [0.1, 0.15) is 47.3 Å². The maximum atomic E-state index is 14.6. The van der Waals surface area contributed by atoms with Gasteiger partial charge in [-0.3, -0.25) is 24.0 Å². The first-order valence-corrected chi connectivity index (χ1v) is 16.9. The van der Waals surface area contributed by atoms with E-state index in [4.69, 9.17) is 9.84 Å². The Kier molecular flexibility index (Phi) is 13.9. The fraction of sp³-hybridized carbons (Fsp3) is 0.417. The van der Waals surface area contributed by atoms with Crippen molar-refractivity contribution in [2.45, 2.75) is 83.3 Å². The lowest BCUT2D eigenvalue weighted by molar-refractivity contribution is -0.146. The van der Waals surface area contributed by atoms with Gasteiger partial charge in [-0.05, 0) is 69.5 Å². The molecule has 1 aromatic carbocycles. The number of fused-ring (bicyclic) bond motifs is 2. The number of hydrogen-bond acceptors (Lipinski definition) is 11. The number of carboxylic acids is 2. The van der Waals surface area contributed by atoms with Gasteiger partial charge in [-0.15, -0.1) is 0 Å². The maximum Gasteiger partial charge on any atom is 0.352 e. The molecule has 0 aromatic heterocycles. The number of hydrogen-bond donors (Lipinski definition) is 9. The summed E-state index contributed by atoms with van der Waals surface area (Å²) < 4.78 is 6.29. The van der Waals surface area contributed by atoms with Crippen LogP contribution in [0.4, 0.5) is 0 Å². The molecular formula is C36H46N6O12. The summed E-state index contributed by atoms with van der Waals surface area (Å²) in [5.74, 6) is -8.50. The highest BCUT2D eigenvalue weighted by Crippen LogP contribution is 2.36. The van der Waals surface area contributed by atoms with E-state index >= 15 is 0 Å². The van der Waals surface area contributed by atoms with Crippen molar-refractivity contribution >= 4 is 41.5 Å². The minimum absolute atomic E-state index is 0.0236. The smallest absolute Gasteiger partial charge is 0.352 e. The van der Waals surface area contributed by atoms with Gasteiger partial charge in [0.2, 0.25) is 11.8 Å². The molecule has 6 atom stereocenters. The highest BCUT2D eigenvalue weighted by molar-refractivity contribution is 6.06. The molecule has 3 rings (SSSR count). The van der Waals surface area contributed by atoms with Gasteiger partial charge in [-0.25, -0.2) is 9.59 Å². The number of phenols is 1. The van der Waals surface area contributed by atoms with Crippen LogP contribution in [0, 0.1) is 0 Å². The van der Waals surface area contributed by atoms with Gasteiger partial charge in [-0.1, -0.05) is 38.6 Å². The van der Waals surface area contributed by atoms with Gasteiger partial charge in [0, 0.05) is 6.54 Å². The van der Waals surface area contributed by atoms with Gasteiger partial charge >= 0.3 is 11.9 Å². The highest BCUT2D eigenvalue weighted by Gasteiger charge is 2.47. The van der Waals surface area contributed by atoms with Crippen molar-refractivity contribution in [1.82, 2.24) is 31.5 Å². The largest absolute Gasteiger partial charge is 0.504 e. The Balaban J connectivity index is 2.08. The number of aliphatic carboxylic acids is 2. The molecule has 18 heteroatoms. The molecule has 0 fully saturated rings. The third-order valence-corrected chi connectivity index (χ3v) is 9.15. The summed E-state index contributed by atoms with van der Waals surface area (Å²) in [5, 5.41) is 52.7. The number of aliphatic hydroxyl groups excluding tert-OH is 1. The van der Waals surface area contributed by atoms with Crippen LogP contribution in [-0.4, -0.2) is 110 Å². The fourth-order valence-corrected chi connectivity index (χ4v) is 5.69. The molecular weight excluding hydrogens is 708 g/mol. The molecule has 0 radical (unpaired) electrons. The summed E-state index contributed by atoms with van der Waals surface area (Å²) in [6.07, 6.45) is 1.89. The van der Waals surface area contributed by atoms with Crippen LogP contribution in [-0.2, 0) is 33.6 Å². The molecule has 1 aromatic rings. The summed E-state index contributed by atoms with van der Waals surface area (Å²) in [6, 6.07) is -1.76. The number of benzene rings is 1. The Morgan fingerprint density at radius 2 is 1.74 bits per heavy atom. The number of nitrogens with zero attached hydrogens (tertiary/aromatic N) is 1. The zero-order valence-electron chi connectivity index (χ0n) is 30.7. The van der Waals surface area contributed by atoms with Crippen molar-refractivity contribution in [1.29, 1.82) is 0 Å². The minimum atomic E-state index is -1.75. The number of ether oxygens (including phenoxy) is 1. The van der Waals surface area contributed by atoms with E-state index in [1.807, 2.05) is 5.32 Å². The van der Waals surface area contributed by atoms with Crippen LogP contribution < -0.4 is 31.3 Å². The van der Waals surface area contributed by atoms with Crippen LogP contribution in [0.15, 0.2) is 65.5 Å². The standard InChI is InChI=1S/C36H46N6O12/c1-8-18(5)26(32(49)38-20(35(52)53)16-24(44)45)40-30(47)21-11-10-14-42(21)34(51)29-36(6,9-2)54-23-15-19(12-13-22(23)43)28(46)27(37-7)33(50)39-25(17(3)4)31(48)41-29/h10-13,15-16,21,25,27-29,37,43,46H,3,8-9,14H2,1-2,4-7H3,(H,38,49)(H,39,50)(H,40,47)(H,41,48)(H,44,45)(H,52,53)/b20-16+,26-18+. The monoisotopic (exact) mass is 754 g/mol. The molecule has 2 bridgehead atoms. The fourth-order valence-electron chi connectivity index (χ4n) is 5.69. The Labute approximate surface area is 311 Å². The number of nitrogens with one attached hydrogen (secondary N) is 5. The Morgan fingerprint density at radius 1 is 1.07 bits per heavy atom. The third-order valence-electron chi connectivity index (χ3n) is 9.15. The second-order valence-corrected chi connectivity index (χ2v) is 13.0. The Morgan fingerprint density at radius 3 is 2.30 bits per heavy atom. The Bertz CT molecular complexity index is 1820. The Hall–Kier alpha value is -6.01. The van der Waals surface area contributed by atoms with E-state index < -0.39 is 83.0 Å². The molecule has 18 nitrogen and oxygen atoms in total. The normalized spacial score (nSPS) is 25.0. The average Bonchev–Trinajstić information content (AvgIpc) is 3.61. The molecule has 2 aliphatic rings. The number of carbonyl (C=O) groups excluding carboxylic acids is 5. The first-order valence-electron chi connectivity index (χ1n) is 16.9. The molecule has 9 N–H and O–H groups in total. The van der Waals surface area contributed by atoms with Crippen molar-refractivity contribution < 1.29 is 58.7 Å². The quantitative estimate of drug-likeness (QED) is 0.105. The predicted octanol–water partition coefficient (Wildman–Crippen LogP) is -0.143. The number of aliphatic hydroxyl groups is 1. The van der Waals surface area contributed by atoms with E-state index in [2.05, 4.69) is 27.8 Å². The number of rotatable bonds is 11. The van der Waals surface area contributed by atoms with Crippen LogP contribution >= 0.6 is 0 Å². The van der Waals surface area contributed by atoms with Crippen molar-refractivity contribution in [2.24, 2.45) is 0 Å². The maximum absolute atomic E-state index is 14.6. The molecule has 292 valence electrons. The number of aromatic hydroxyl groups is 1. The highest BCUT2D eigenvalue weighted by atomic mass is 16.5. The zero-order valence-corrected chi connectivity index (χ0v) is 30.7. The molecule has 0 aliphatic carbocycles. The minimum Gasteiger partial charge on any atom is -0.504 e. The van der Waals surface area contributed by atoms with Crippen molar-refractivity contribution in [2.75, 3.05) is 13.6 Å². The van der Waals surface area contributed by atoms with E-state index in [1.54, 1.807) is 13.8 Å². The zero-order chi connectivity index (χ0) is 40.7. The number of carbonyl (C=O) groups is 7. The molecule has 54 heavy (non-hydrogen) atoms. The molecule has 0 saturated carbocycles. The van der Waals surface area contributed by atoms with Crippen molar-refractivity contribution in [3.8, 4) is 11.5 Å². The second-order valence-electron chi connectivity index (χ2n) is 13.0. The molecule has 0 saturated heterocycles. The lowest BCUT2D eigenvalue weighted by atomic mass is 9.90. The van der Waals surface area contributed by atoms with Gasteiger partial charge in [0.25, 0.3) is 17.7 Å². The van der Waals surface area contributed by atoms with Crippen LogP contribution in [0.3, 0.4) is 0 Å². The van der Waals surface area contributed by atoms with Crippen LogP contribution in [0.5, 0.6) is 11.5 Å². The molecule has 0 spiro atoms. The molecule has 5 amide bonds. The van der Waals surface area contributed by atoms with E-state index in [-0.39, 0.29) is 59.4 Å². The SMILES string of the molecule is C=C(C)C1NC(=O)C(NC)C(O)c2ccc(O)c(c2)OC(C)(CC)C(C(=O)N2CC=CC2C(=O)N/C(C(=O)N/C(=C/C(=O)O)C(=O)O)=C(\C)CC)NC1=O. The van der Waals surface area contributed by atoms with Crippen LogP contribution in [0.2, 0.25) is 0 Å². The molecule has 6 unspecified atom stereocenters. The number of amides is 5. The first kappa shape index (κ1) is 42.4. The number of carboxylic acid groups (broad SMARTS) is 2. The summed E-state index contributed by atoms with van der Waals surface area (Å²) in [6.45, 7) is 11.4. The van der Waals surface area contributed by atoms with Gasteiger partial charge < -0.3 is 56.6 Å². The van der Waals surface area contributed by atoms with Crippen LogP contribution in [0.25, 0.3) is 0 Å². The third kappa shape index (κ3) is 9.50. The summed E-state index contributed by atoms with van der Waals surface area (Å²) in [7, 11) is 1.43. The number of phenolic OH excluding ortho intramolecular Hbond substituents is 1. The predicted molar refractivity (Wildman–Crippen MR) is 191 cm³/mol. The average molecular weight is 755 g/mol. The molecule has 2 heterocycles. The summed E-state index contributed by atoms with van der Waals surface area (Å²) in [5.41, 5.74) is -2.39. The van der Waals surface area contributed by atoms with Gasteiger partial charge in [0.05, 0.1) is 6.08 Å². The van der Waals surface area contributed by atoms with Crippen molar-refractivity contribution in [3.63, 3.8) is 0 Å². The molecule has 2 aliphatic heterocycles. The van der Waals surface area contributed by atoms with E-state index in [0.29, 0.717) is 0 Å². The van der Waals surface area contributed by atoms with E-state index in [0.717, 1.165) is 4.90 Å².